The summed E-state index contributed by atoms with van der Waals surface area (Å²) in [5.41, 5.74) is 4.52. The number of aryl methyl sites for hydroxylation is 1. The summed E-state index contributed by atoms with van der Waals surface area (Å²) < 4.78 is 66.1. The number of rotatable bonds is 1. The van der Waals surface area contributed by atoms with Gasteiger partial charge < -0.3 is 5.73 Å². The van der Waals surface area contributed by atoms with Gasteiger partial charge in [-0.15, -0.1) is 0 Å². The van der Waals surface area contributed by atoms with Crippen molar-refractivity contribution in [3.63, 3.8) is 0 Å². The topological polar surface area (TPSA) is 38.9 Å². The molecule has 2 aromatic rings. The van der Waals surface area contributed by atoms with E-state index in [-0.39, 0.29) is 11.4 Å². The van der Waals surface area contributed by atoms with Crippen molar-refractivity contribution in [3.8, 4) is 11.1 Å². The Hall–Kier alpha value is -2.18. The van der Waals surface area contributed by atoms with Crippen molar-refractivity contribution in [3.05, 3.63) is 46.9 Å². The summed E-state index contributed by atoms with van der Waals surface area (Å²) in [5, 5.41) is 0. The van der Waals surface area contributed by atoms with Crippen LogP contribution in [-0.2, 0) is 0 Å². The van der Waals surface area contributed by atoms with Gasteiger partial charge in [0.2, 0.25) is 5.82 Å². The molecule has 2 N–H and O–H groups in total. The number of halogens is 5. The van der Waals surface area contributed by atoms with E-state index in [1.165, 1.54) is 13.0 Å². The van der Waals surface area contributed by atoms with Crippen LogP contribution in [0.25, 0.3) is 11.1 Å². The lowest BCUT2D eigenvalue weighted by Crippen LogP contribution is -2.05. The minimum Gasteiger partial charge on any atom is -0.383 e. The van der Waals surface area contributed by atoms with Gasteiger partial charge in [-0.3, -0.25) is 0 Å². The highest BCUT2D eigenvalue weighted by atomic mass is 19.2. The number of aromatic nitrogens is 1. The largest absolute Gasteiger partial charge is 0.383 e. The highest BCUT2D eigenvalue weighted by Crippen LogP contribution is 2.31. The summed E-state index contributed by atoms with van der Waals surface area (Å²) in [7, 11) is 0. The first-order valence-corrected chi connectivity index (χ1v) is 5.08. The molecule has 0 fully saturated rings. The molecular formula is C12H7F5N2. The van der Waals surface area contributed by atoms with Gasteiger partial charge in [0.05, 0.1) is 5.56 Å². The van der Waals surface area contributed by atoms with E-state index >= 15 is 0 Å². The molecule has 0 aliphatic carbocycles. The fourth-order valence-electron chi connectivity index (χ4n) is 1.58. The lowest BCUT2D eigenvalue weighted by Gasteiger charge is -2.09. The zero-order valence-electron chi connectivity index (χ0n) is 9.57. The van der Waals surface area contributed by atoms with Gasteiger partial charge in [0, 0.05) is 11.8 Å². The Morgan fingerprint density at radius 1 is 0.895 bits per heavy atom. The molecule has 2 nitrogen and oxygen atoms in total. The summed E-state index contributed by atoms with van der Waals surface area (Å²) in [4.78, 5) is 3.62. The first kappa shape index (κ1) is 13.3. The third-order valence-electron chi connectivity index (χ3n) is 2.62. The molecule has 0 amide bonds. The van der Waals surface area contributed by atoms with Crippen LogP contribution in [0.3, 0.4) is 0 Å². The maximum Gasteiger partial charge on any atom is 0.200 e. The van der Waals surface area contributed by atoms with E-state index in [0.717, 1.165) is 6.20 Å². The van der Waals surface area contributed by atoms with E-state index in [1.54, 1.807) is 0 Å². The van der Waals surface area contributed by atoms with Crippen LogP contribution < -0.4 is 5.73 Å². The van der Waals surface area contributed by atoms with E-state index in [1.807, 2.05) is 0 Å². The second-order valence-corrected chi connectivity index (χ2v) is 3.87. The third-order valence-corrected chi connectivity index (χ3v) is 2.62. The van der Waals surface area contributed by atoms with Gasteiger partial charge in [0.15, 0.2) is 23.3 Å². The second-order valence-electron chi connectivity index (χ2n) is 3.87. The van der Waals surface area contributed by atoms with Crippen LogP contribution >= 0.6 is 0 Å². The molecule has 2 rings (SSSR count). The zero-order valence-corrected chi connectivity index (χ0v) is 9.57. The number of nitrogen functional groups attached to an aromatic ring is 1. The quantitative estimate of drug-likeness (QED) is 0.492. The fraction of sp³-hybridized carbons (Fsp3) is 0.0833. The molecule has 0 radical (unpaired) electrons. The standard InChI is InChI=1S/C12H7F5N2/c1-4-2-5(3-19-12(4)18)6-7(13)9(15)11(17)10(16)8(6)14/h2-3H,1H3,(H2,18,19). The molecule has 19 heavy (non-hydrogen) atoms. The number of benzene rings is 1. The zero-order chi connectivity index (χ0) is 14.3. The molecule has 0 atom stereocenters. The number of nitrogens with two attached hydrogens (primary N) is 1. The molecule has 0 aliphatic rings. The third kappa shape index (κ3) is 2.00. The molecular weight excluding hydrogens is 267 g/mol. The van der Waals surface area contributed by atoms with E-state index in [4.69, 9.17) is 5.73 Å². The van der Waals surface area contributed by atoms with Crippen LogP contribution in [0.15, 0.2) is 12.3 Å². The van der Waals surface area contributed by atoms with Gasteiger partial charge in [0.1, 0.15) is 5.82 Å². The minimum absolute atomic E-state index is 0.104. The summed E-state index contributed by atoms with van der Waals surface area (Å²) >= 11 is 0. The van der Waals surface area contributed by atoms with Crippen LogP contribution in [0.5, 0.6) is 0 Å². The molecule has 100 valence electrons. The lowest BCUT2D eigenvalue weighted by molar-refractivity contribution is 0.381. The van der Waals surface area contributed by atoms with Crippen molar-refractivity contribution in [2.24, 2.45) is 0 Å². The van der Waals surface area contributed by atoms with Crippen LogP contribution in [0, 0.1) is 36.0 Å². The fourth-order valence-corrected chi connectivity index (χ4v) is 1.58. The number of pyridine rings is 1. The Bertz CT molecular complexity index is 641. The minimum atomic E-state index is -2.20. The molecule has 0 aliphatic heterocycles. The molecule has 0 unspecified atom stereocenters. The Balaban J connectivity index is 2.79. The first-order valence-electron chi connectivity index (χ1n) is 5.08. The average molecular weight is 274 g/mol. The van der Waals surface area contributed by atoms with E-state index in [2.05, 4.69) is 4.98 Å². The molecule has 1 aromatic carbocycles. The summed E-state index contributed by atoms with van der Waals surface area (Å²) in [6.07, 6.45) is 0.945. The number of hydrogen-bond donors (Lipinski definition) is 1. The molecule has 0 spiro atoms. The lowest BCUT2D eigenvalue weighted by atomic mass is 10.0. The predicted molar refractivity (Wildman–Crippen MR) is 58.6 cm³/mol. The van der Waals surface area contributed by atoms with Crippen LogP contribution in [0.2, 0.25) is 0 Å². The highest BCUT2D eigenvalue weighted by molar-refractivity contribution is 5.66. The van der Waals surface area contributed by atoms with Gasteiger partial charge in [-0.1, -0.05) is 0 Å². The van der Waals surface area contributed by atoms with Crippen molar-refractivity contribution >= 4 is 5.82 Å². The Labute approximate surface area is 104 Å². The van der Waals surface area contributed by atoms with E-state index < -0.39 is 34.6 Å². The maximum absolute atomic E-state index is 13.5. The van der Waals surface area contributed by atoms with Gasteiger partial charge in [-0.05, 0) is 18.6 Å². The monoisotopic (exact) mass is 274 g/mol. The molecule has 0 saturated carbocycles. The summed E-state index contributed by atoms with van der Waals surface area (Å²) in [6, 6.07) is 1.20. The number of anilines is 1. The van der Waals surface area contributed by atoms with Gasteiger partial charge in [-0.2, -0.15) is 0 Å². The summed E-state index contributed by atoms with van der Waals surface area (Å²) in [5.74, 6) is -9.89. The average Bonchev–Trinajstić information content (AvgIpc) is 2.38. The molecule has 1 heterocycles. The van der Waals surface area contributed by atoms with Crippen molar-refractivity contribution in [1.29, 1.82) is 0 Å². The normalized spacial score (nSPS) is 10.8. The predicted octanol–water partition coefficient (Wildman–Crippen LogP) is 3.33. The SMILES string of the molecule is Cc1cc(-c2c(F)c(F)c(F)c(F)c2F)cnc1N. The molecule has 7 heteroatoms. The Morgan fingerprint density at radius 2 is 1.37 bits per heavy atom. The van der Waals surface area contributed by atoms with Crippen LogP contribution in [0.4, 0.5) is 27.8 Å². The smallest absolute Gasteiger partial charge is 0.200 e. The van der Waals surface area contributed by atoms with E-state index in [9.17, 15) is 22.0 Å². The second kappa shape index (κ2) is 4.49. The van der Waals surface area contributed by atoms with Gasteiger partial charge in [-0.25, -0.2) is 26.9 Å². The van der Waals surface area contributed by atoms with E-state index in [0.29, 0.717) is 5.56 Å². The van der Waals surface area contributed by atoms with Crippen molar-refractivity contribution in [2.75, 3.05) is 5.73 Å². The van der Waals surface area contributed by atoms with Crippen molar-refractivity contribution in [1.82, 2.24) is 4.98 Å². The number of hydrogen-bond acceptors (Lipinski definition) is 2. The van der Waals surface area contributed by atoms with Crippen molar-refractivity contribution < 1.29 is 22.0 Å². The van der Waals surface area contributed by atoms with Gasteiger partial charge in [0.25, 0.3) is 0 Å². The summed E-state index contributed by atoms with van der Waals surface area (Å²) in [6.45, 7) is 1.50. The van der Waals surface area contributed by atoms with Crippen LogP contribution in [-0.4, -0.2) is 4.98 Å². The van der Waals surface area contributed by atoms with Crippen LogP contribution in [0.1, 0.15) is 5.56 Å². The first-order chi connectivity index (χ1) is 8.84. The highest BCUT2D eigenvalue weighted by Gasteiger charge is 2.26. The molecule has 0 saturated heterocycles. The maximum atomic E-state index is 13.5. The molecule has 1 aromatic heterocycles. The molecule has 0 bridgehead atoms. The van der Waals surface area contributed by atoms with Gasteiger partial charge >= 0.3 is 0 Å². The Kier molecular flexibility index (Phi) is 3.13. The number of nitrogens with zero attached hydrogens (tertiary/aromatic N) is 1. The Morgan fingerprint density at radius 3 is 1.84 bits per heavy atom. The van der Waals surface area contributed by atoms with Crippen molar-refractivity contribution in [2.45, 2.75) is 6.92 Å².